The molecule has 3 rings (SSSR count). The first-order chi connectivity index (χ1) is 13.9. The number of amides is 2. The number of benzene rings is 2. The molecule has 0 spiro atoms. The van der Waals surface area contributed by atoms with Crippen LogP contribution in [0.5, 0.6) is 5.75 Å². The van der Waals surface area contributed by atoms with Crippen LogP contribution in [0.3, 0.4) is 0 Å². The normalized spacial score (nSPS) is 10.2. The minimum atomic E-state index is -1.10. The van der Waals surface area contributed by atoms with Gasteiger partial charge < -0.3 is 20.5 Å². The summed E-state index contributed by atoms with van der Waals surface area (Å²) in [4.78, 5) is 34.3. The van der Waals surface area contributed by atoms with E-state index in [1.165, 1.54) is 23.6 Å². The van der Waals surface area contributed by atoms with Gasteiger partial charge in [-0.05, 0) is 35.4 Å². The maximum atomic E-state index is 12.0. The van der Waals surface area contributed by atoms with E-state index in [2.05, 4.69) is 10.6 Å². The van der Waals surface area contributed by atoms with E-state index in [9.17, 15) is 14.4 Å². The third-order valence-electron chi connectivity index (χ3n) is 3.91. The molecule has 0 aliphatic heterocycles. The third kappa shape index (κ3) is 5.43. The number of ether oxygens (including phenoxy) is 1. The lowest BCUT2D eigenvalue weighted by Gasteiger charge is -2.09. The highest BCUT2D eigenvalue weighted by atomic mass is 32.1. The van der Waals surface area contributed by atoms with Gasteiger partial charge in [0, 0.05) is 23.4 Å². The number of rotatable bonds is 7. The molecule has 29 heavy (non-hydrogen) atoms. The monoisotopic (exact) mass is 410 g/mol. The molecule has 2 aromatic carbocycles. The van der Waals surface area contributed by atoms with Gasteiger partial charge in [-0.1, -0.05) is 24.3 Å². The summed E-state index contributed by atoms with van der Waals surface area (Å²) < 4.78 is 5.47. The number of carbonyl (C=O) groups excluding carboxylic acids is 2. The molecule has 7 nitrogen and oxygen atoms in total. The molecule has 148 valence electrons. The van der Waals surface area contributed by atoms with Gasteiger partial charge in [-0.15, -0.1) is 11.3 Å². The highest BCUT2D eigenvalue weighted by Gasteiger charge is 2.13. The highest BCUT2D eigenvalue weighted by molar-refractivity contribution is 7.08. The molecule has 0 fully saturated rings. The average Bonchev–Trinajstić information content (AvgIpc) is 3.15. The van der Waals surface area contributed by atoms with Gasteiger partial charge in [-0.3, -0.25) is 9.59 Å². The van der Waals surface area contributed by atoms with Crippen LogP contribution in [-0.4, -0.2) is 29.5 Å². The number of hydrogen-bond acceptors (Lipinski definition) is 5. The quantitative estimate of drug-likeness (QED) is 0.544. The topological polar surface area (TPSA) is 105 Å². The smallest absolute Gasteiger partial charge is 0.338 e. The fourth-order valence-corrected chi connectivity index (χ4v) is 3.37. The lowest BCUT2D eigenvalue weighted by molar-refractivity contribution is -0.118. The largest absolute Gasteiger partial charge is 0.484 e. The Hall–Kier alpha value is -3.65. The van der Waals surface area contributed by atoms with E-state index in [0.717, 1.165) is 11.1 Å². The van der Waals surface area contributed by atoms with Crippen LogP contribution < -0.4 is 15.4 Å². The summed E-state index contributed by atoms with van der Waals surface area (Å²) >= 11 is 1.20. The number of carboxylic acid groups (broad SMARTS) is 1. The molecule has 0 bridgehead atoms. The van der Waals surface area contributed by atoms with Crippen LogP contribution in [0.25, 0.3) is 11.1 Å². The predicted molar refractivity (Wildman–Crippen MR) is 112 cm³/mol. The van der Waals surface area contributed by atoms with Gasteiger partial charge in [0.25, 0.3) is 5.91 Å². The van der Waals surface area contributed by atoms with Gasteiger partial charge >= 0.3 is 5.97 Å². The number of carbonyl (C=O) groups is 3. The van der Waals surface area contributed by atoms with Crippen molar-refractivity contribution in [1.82, 2.24) is 0 Å². The first-order valence-corrected chi connectivity index (χ1v) is 9.57. The molecule has 2 amide bonds. The second kappa shape index (κ2) is 9.03. The minimum absolute atomic E-state index is 0.0502. The Morgan fingerprint density at radius 1 is 1.00 bits per heavy atom. The van der Waals surface area contributed by atoms with Crippen LogP contribution in [0.2, 0.25) is 0 Å². The van der Waals surface area contributed by atoms with E-state index >= 15 is 0 Å². The number of anilines is 2. The first-order valence-electron chi connectivity index (χ1n) is 8.62. The summed E-state index contributed by atoms with van der Waals surface area (Å²) in [6.07, 6.45) is 0. The summed E-state index contributed by atoms with van der Waals surface area (Å²) in [7, 11) is 0. The maximum absolute atomic E-state index is 12.0. The van der Waals surface area contributed by atoms with Crippen LogP contribution >= 0.6 is 11.3 Å². The van der Waals surface area contributed by atoms with E-state index in [1.807, 2.05) is 36.4 Å². The van der Waals surface area contributed by atoms with Crippen molar-refractivity contribution in [3.05, 3.63) is 64.9 Å². The van der Waals surface area contributed by atoms with Crippen molar-refractivity contribution in [2.45, 2.75) is 6.92 Å². The van der Waals surface area contributed by atoms with Crippen LogP contribution in [0, 0.1) is 0 Å². The molecule has 8 heteroatoms. The number of hydrogen-bond donors (Lipinski definition) is 3. The van der Waals surface area contributed by atoms with Crippen molar-refractivity contribution >= 4 is 40.5 Å². The molecule has 0 radical (unpaired) electrons. The molecule has 1 heterocycles. The van der Waals surface area contributed by atoms with Crippen LogP contribution in [0.1, 0.15) is 17.3 Å². The summed E-state index contributed by atoms with van der Waals surface area (Å²) in [5.41, 5.74) is 2.87. The molecular formula is C21H18N2O5S. The average molecular weight is 410 g/mol. The number of aromatic carboxylic acids is 1. The van der Waals surface area contributed by atoms with Gasteiger partial charge in [0.15, 0.2) is 6.61 Å². The molecular weight excluding hydrogens is 392 g/mol. The van der Waals surface area contributed by atoms with Crippen molar-refractivity contribution < 1.29 is 24.2 Å². The van der Waals surface area contributed by atoms with Crippen LogP contribution in [0.4, 0.5) is 11.4 Å². The Balaban J connectivity index is 1.59. The minimum Gasteiger partial charge on any atom is -0.484 e. The van der Waals surface area contributed by atoms with Crippen molar-refractivity contribution in [2.24, 2.45) is 0 Å². The standard InChI is InChI=1S/C21H18N2O5S/c1-13(24)22-16-4-2-3-15(9-16)14-5-7-17(8-6-14)28-10-20(25)23-19-12-29-11-18(19)21(26)27/h2-9,11-12H,10H2,1H3,(H,22,24)(H,23,25)(H,26,27). The Labute approximate surface area is 171 Å². The Morgan fingerprint density at radius 2 is 1.76 bits per heavy atom. The van der Waals surface area contributed by atoms with Crippen LogP contribution in [-0.2, 0) is 9.59 Å². The fraction of sp³-hybridized carbons (Fsp3) is 0.0952. The SMILES string of the molecule is CC(=O)Nc1cccc(-c2ccc(OCC(=O)Nc3cscc3C(=O)O)cc2)c1. The zero-order valence-corrected chi connectivity index (χ0v) is 16.3. The Bertz CT molecular complexity index is 1040. The van der Waals surface area contributed by atoms with Crippen molar-refractivity contribution in [3.8, 4) is 16.9 Å². The lowest BCUT2D eigenvalue weighted by Crippen LogP contribution is -2.21. The number of nitrogens with one attached hydrogen (secondary N) is 2. The predicted octanol–water partition coefficient (Wildman–Crippen LogP) is 4.09. The molecule has 0 aliphatic carbocycles. The van der Waals surface area contributed by atoms with Gasteiger partial charge in [0.05, 0.1) is 11.3 Å². The second-order valence-electron chi connectivity index (χ2n) is 6.13. The zero-order chi connectivity index (χ0) is 20.8. The molecule has 0 saturated heterocycles. The van der Waals surface area contributed by atoms with Gasteiger partial charge in [-0.2, -0.15) is 0 Å². The van der Waals surface area contributed by atoms with E-state index in [-0.39, 0.29) is 23.8 Å². The fourth-order valence-electron chi connectivity index (χ4n) is 2.62. The molecule has 1 aromatic heterocycles. The summed E-state index contributed by atoms with van der Waals surface area (Å²) in [6.45, 7) is 1.21. The maximum Gasteiger partial charge on any atom is 0.338 e. The molecule has 0 aliphatic rings. The number of thiophene rings is 1. The lowest BCUT2D eigenvalue weighted by atomic mass is 10.1. The van der Waals surface area contributed by atoms with Gasteiger partial charge in [0.1, 0.15) is 5.75 Å². The van der Waals surface area contributed by atoms with Crippen molar-refractivity contribution in [2.75, 3.05) is 17.2 Å². The van der Waals surface area contributed by atoms with E-state index in [4.69, 9.17) is 9.84 Å². The van der Waals surface area contributed by atoms with Crippen molar-refractivity contribution in [3.63, 3.8) is 0 Å². The summed E-state index contributed by atoms with van der Waals surface area (Å²) in [5, 5.41) is 17.4. The second-order valence-corrected chi connectivity index (χ2v) is 6.87. The summed E-state index contributed by atoms with van der Waals surface area (Å²) in [5.74, 6) is -1.17. The van der Waals surface area contributed by atoms with E-state index in [0.29, 0.717) is 11.4 Å². The van der Waals surface area contributed by atoms with Gasteiger partial charge in [0.2, 0.25) is 5.91 Å². The van der Waals surface area contributed by atoms with Gasteiger partial charge in [-0.25, -0.2) is 4.79 Å². The zero-order valence-electron chi connectivity index (χ0n) is 15.5. The van der Waals surface area contributed by atoms with Crippen LogP contribution in [0.15, 0.2) is 59.3 Å². The van der Waals surface area contributed by atoms with Crippen molar-refractivity contribution in [1.29, 1.82) is 0 Å². The molecule has 3 aromatic rings. The molecule has 0 saturated carbocycles. The third-order valence-corrected chi connectivity index (χ3v) is 4.65. The van der Waals surface area contributed by atoms with E-state index in [1.54, 1.807) is 17.5 Å². The Kier molecular flexibility index (Phi) is 6.25. The molecule has 0 atom stereocenters. The Morgan fingerprint density at radius 3 is 2.45 bits per heavy atom. The summed E-state index contributed by atoms with van der Waals surface area (Å²) in [6, 6.07) is 14.6. The number of carboxylic acids is 1. The molecule has 0 unspecified atom stereocenters. The molecule has 3 N–H and O–H groups in total. The highest BCUT2D eigenvalue weighted by Crippen LogP contribution is 2.25. The first kappa shape index (κ1) is 20.1. The van der Waals surface area contributed by atoms with E-state index < -0.39 is 11.9 Å².